The summed E-state index contributed by atoms with van der Waals surface area (Å²) < 4.78 is 0. The molecule has 28 heavy (non-hydrogen) atoms. The molecule has 0 saturated carbocycles. The van der Waals surface area contributed by atoms with Crippen molar-refractivity contribution in [1.82, 2.24) is 9.88 Å². The van der Waals surface area contributed by atoms with E-state index in [1.807, 2.05) is 44.4 Å². The Morgan fingerprint density at radius 2 is 1.96 bits per heavy atom. The van der Waals surface area contributed by atoms with Crippen molar-refractivity contribution in [3.63, 3.8) is 0 Å². The number of hydrogen-bond donors (Lipinski definition) is 1. The van der Waals surface area contributed by atoms with E-state index in [2.05, 4.69) is 36.0 Å². The maximum absolute atomic E-state index is 11.3. The predicted molar refractivity (Wildman–Crippen MR) is 122 cm³/mol. The molecule has 0 aromatic carbocycles. The quantitative estimate of drug-likeness (QED) is 0.191. The Hall–Kier alpha value is -3.21. The number of terminal acetylenes is 1. The summed E-state index contributed by atoms with van der Waals surface area (Å²) in [5.41, 5.74) is 1.65. The molecular weight excluding hydrogens is 372 g/mol. The Morgan fingerprint density at radius 1 is 1.32 bits per heavy atom. The standard InChI is InChI=1S/C16H18N4OS.C3H6O.C2H2/c1-5-6-9-20(4)11-18-15-13(10-21)22-16-14(15)12(19(2)3)7-8-17-16;1-2-3-4;1-2/h5-11H,1H2,2-4H3;2,4H,1,3H2;1-2H/b9-6+,18-11?;;. The summed E-state index contributed by atoms with van der Waals surface area (Å²) in [7, 11) is 5.78. The summed E-state index contributed by atoms with van der Waals surface area (Å²) in [6.07, 6.45) is 19.0. The number of allylic oxidation sites excluding steroid dienone is 2. The van der Waals surface area contributed by atoms with Crippen LogP contribution in [0.3, 0.4) is 0 Å². The number of carbonyl (C=O) groups is 1. The molecule has 2 rings (SSSR count). The normalized spacial score (nSPS) is 9.93. The number of anilines is 1. The number of fused-ring (bicyclic) bond motifs is 1. The monoisotopic (exact) mass is 398 g/mol. The van der Waals surface area contributed by atoms with Crippen LogP contribution in [0.2, 0.25) is 0 Å². The average molecular weight is 399 g/mol. The van der Waals surface area contributed by atoms with Gasteiger partial charge in [0.1, 0.15) is 4.83 Å². The van der Waals surface area contributed by atoms with Crippen molar-refractivity contribution in [2.24, 2.45) is 4.99 Å². The first kappa shape index (κ1) is 24.8. The molecule has 1 N–H and O–H groups in total. The van der Waals surface area contributed by atoms with Gasteiger partial charge in [-0.2, -0.15) is 0 Å². The largest absolute Gasteiger partial charge is 0.392 e. The van der Waals surface area contributed by atoms with Crippen LogP contribution in [0.25, 0.3) is 10.2 Å². The Bertz CT molecular complexity index is 851. The molecule has 0 aliphatic rings. The molecule has 148 valence electrons. The third-order valence-electron chi connectivity index (χ3n) is 3.12. The summed E-state index contributed by atoms with van der Waals surface area (Å²) in [4.78, 5) is 25.4. The lowest BCUT2D eigenvalue weighted by molar-refractivity contribution is 0.112. The number of carbonyl (C=O) groups excluding carboxylic acids is 1. The average Bonchev–Trinajstić information content (AvgIpc) is 3.09. The molecule has 6 nitrogen and oxygen atoms in total. The van der Waals surface area contributed by atoms with E-state index in [0.29, 0.717) is 10.6 Å². The Balaban J connectivity index is 0.00000108. The fourth-order valence-electron chi connectivity index (χ4n) is 1.97. The molecule has 0 aliphatic heterocycles. The number of pyridine rings is 1. The summed E-state index contributed by atoms with van der Waals surface area (Å²) in [5, 5.41) is 8.66. The maximum atomic E-state index is 11.3. The van der Waals surface area contributed by atoms with E-state index >= 15 is 0 Å². The molecule has 0 unspecified atom stereocenters. The summed E-state index contributed by atoms with van der Waals surface area (Å²) >= 11 is 1.35. The van der Waals surface area contributed by atoms with Gasteiger partial charge < -0.3 is 14.9 Å². The van der Waals surface area contributed by atoms with Crippen molar-refractivity contribution in [3.8, 4) is 12.8 Å². The van der Waals surface area contributed by atoms with Gasteiger partial charge in [-0.15, -0.1) is 30.8 Å². The van der Waals surface area contributed by atoms with Crippen LogP contribution in [0, 0.1) is 12.8 Å². The Kier molecular flexibility index (Phi) is 12.3. The topological polar surface area (TPSA) is 69.0 Å². The second kappa shape index (κ2) is 13.9. The van der Waals surface area contributed by atoms with E-state index in [-0.39, 0.29) is 6.61 Å². The van der Waals surface area contributed by atoms with Gasteiger partial charge in [0.05, 0.1) is 34.6 Å². The lowest BCUT2D eigenvalue weighted by Gasteiger charge is -2.13. The highest BCUT2D eigenvalue weighted by Gasteiger charge is 2.16. The van der Waals surface area contributed by atoms with Gasteiger partial charge in [0.2, 0.25) is 0 Å². The van der Waals surface area contributed by atoms with Crippen LogP contribution >= 0.6 is 11.3 Å². The highest BCUT2D eigenvalue weighted by atomic mass is 32.1. The molecule has 0 bridgehead atoms. The van der Waals surface area contributed by atoms with E-state index in [9.17, 15) is 4.79 Å². The van der Waals surface area contributed by atoms with Crippen molar-refractivity contribution in [1.29, 1.82) is 0 Å². The molecule has 0 spiro atoms. The Labute approximate surface area is 170 Å². The first-order chi connectivity index (χ1) is 13.5. The molecule has 2 heterocycles. The number of aliphatic imine (C=N–C) groups is 1. The van der Waals surface area contributed by atoms with Crippen LogP contribution in [0.4, 0.5) is 11.4 Å². The fourth-order valence-corrected chi connectivity index (χ4v) is 2.90. The number of aliphatic hydroxyl groups excluding tert-OH is 1. The Morgan fingerprint density at radius 3 is 2.46 bits per heavy atom. The minimum Gasteiger partial charge on any atom is -0.392 e. The molecule has 0 atom stereocenters. The molecule has 2 aromatic rings. The number of thiophene rings is 1. The number of aliphatic hydroxyl groups is 1. The third kappa shape index (κ3) is 7.19. The molecule has 7 heteroatoms. The number of nitrogens with zero attached hydrogens (tertiary/aromatic N) is 4. The maximum Gasteiger partial charge on any atom is 0.162 e. The smallest absolute Gasteiger partial charge is 0.162 e. The zero-order valence-electron chi connectivity index (χ0n) is 16.4. The number of aldehydes is 1. The van der Waals surface area contributed by atoms with Crippen LogP contribution < -0.4 is 4.90 Å². The molecule has 0 aliphatic carbocycles. The molecule has 0 fully saturated rings. The van der Waals surface area contributed by atoms with Crippen LogP contribution in [0.5, 0.6) is 0 Å². The van der Waals surface area contributed by atoms with Crippen LogP contribution in [-0.4, -0.2) is 55.4 Å². The zero-order valence-corrected chi connectivity index (χ0v) is 17.3. The van der Waals surface area contributed by atoms with Gasteiger partial charge in [0.25, 0.3) is 0 Å². The van der Waals surface area contributed by atoms with Crippen LogP contribution in [0.1, 0.15) is 9.67 Å². The number of hydrogen-bond acceptors (Lipinski definition) is 6. The fraction of sp³-hybridized carbons (Fsp3) is 0.190. The van der Waals surface area contributed by atoms with Crippen molar-refractivity contribution in [2.45, 2.75) is 0 Å². The van der Waals surface area contributed by atoms with Gasteiger partial charge in [-0.05, 0) is 12.1 Å². The van der Waals surface area contributed by atoms with Crippen molar-refractivity contribution in [2.75, 3.05) is 32.6 Å². The van der Waals surface area contributed by atoms with Crippen molar-refractivity contribution < 1.29 is 9.90 Å². The van der Waals surface area contributed by atoms with Gasteiger partial charge in [-0.3, -0.25) is 4.79 Å². The lowest BCUT2D eigenvalue weighted by atomic mass is 10.2. The first-order valence-electron chi connectivity index (χ1n) is 8.14. The van der Waals surface area contributed by atoms with Crippen LogP contribution in [0.15, 0.2) is 54.8 Å². The summed E-state index contributed by atoms with van der Waals surface area (Å²) in [6.45, 7) is 6.94. The van der Waals surface area contributed by atoms with Gasteiger partial charge in [-0.1, -0.05) is 18.7 Å². The second-order valence-electron chi connectivity index (χ2n) is 5.30. The van der Waals surface area contributed by atoms with Gasteiger partial charge in [-0.25, -0.2) is 9.98 Å². The van der Waals surface area contributed by atoms with Crippen molar-refractivity contribution >= 4 is 45.6 Å². The lowest BCUT2D eigenvalue weighted by Crippen LogP contribution is -2.09. The molecule has 0 saturated heterocycles. The molecule has 0 radical (unpaired) electrons. The molecule has 2 aromatic heterocycles. The second-order valence-corrected chi connectivity index (χ2v) is 6.33. The third-order valence-corrected chi connectivity index (χ3v) is 4.13. The van der Waals surface area contributed by atoms with Crippen LogP contribution in [-0.2, 0) is 0 Å². The minimum atomic E-state index is 0.0833. The van der Waals surface area contributed by atoms with E-state index in [0.717, 1.165) is 22.2 Å². The van der Waals surface area contributed by atoms with E-state index in [4.69, 9.17) is 5.11 Å². The highest BCUT2D eigenvalue weighted by Crippen LogP contribution is 2.40. The zero-order chi connectivity index (χ0) is 21.5. The van der Waals surface area contributed by atoms with E-state index in [1.165, 1.54) is 17.4 Å². The van der Waals surface area contributed by atoms with Crippen molar-refractivity contribution in [3.05, 3.63) is 54.7 Å². The van der Waals surface area contributed by atoms with Gasteiger partial charge >= 0.3 is 0 Å². The molecule has 0 amide bonds. The molecular formula is C21H26N4O2S. The predicted octanol–water partition coefficient (Wildman–Crippen LogP) is 3.88. The van der Waals surface area contributed by atoms with E-state index < -0.39 is 0 Å². The van der Waals surface area contributed by atoms with Gasteiger partial charge in [0.15, 0.2) is 6.29 Å². The number of rotatable bonds is 7. The van der Waals surface area contributed by atoms with E-state index in [1.54, 1.807) is 23.5 Å². The minimum absolute atomic E-state index is 0.0833. The van der Waals surface area contributed by atoms with Gasteiger partial charge in [0, 0.05) is 33.5 Å². The summed E-state index contributed by atoms with van der Waals surface area (Å²) in [5.74, 6) is 0. The summed E-state index contributed by atoms with van der Waals surface area (Å²) in [6, 6.07) is 1.92. The SMILES string of the molecule is C#C.C=C/C=C/N(C)C=Nc1c(C=O)sc2nccc(N(C)C)c12.C=CCO. The first-order valence-corrected chi connectivity index (χ1v) is 8.96. The highest BCUT2D eigenvalue weighted by molar-refractivity contribution is 7.21. The number of aromatic nitrogens is 1.